The number of carbonyl (C=O) groups excluding carboxylic acids is 1. The summed E-state index contributed by atoms with van der Waals surface area (Å²) in [5, 5.41) is 2.16. The lowest BCUT2D eigenvalue weighted by Crippen LogP contribution is -2.20. The van der Waals surface area contributed by atoms with Crippen LogP contribution in [0.2, 0.25) is 0 Å². The molecule has 0 aliphatic heterocycles. The normalized spacial score (nSPS) is 12.3. The Morgan fingerprint density at radius 3 is 2.71 bits per heavy atom. The van der Waals surface area contributed by atoms with Crippen LogP contribution in [-0.2, 0) is 4.79 Å². The Morgan fingerprint density at radius 1 is 1.50 bits per heavy atom. The Hall–Kier alpha value is -0.0600. The average molecular weight is 341 g/mol. The van der Waals surface area contributed by atoms with Crippen molar-refractivity contribution in [1.82, 2.24) is 0 Å². The molecule has 14 heavy (non-hydrogen) atoms. The molecule has 76 valence electrons. The fourth-order valence-corrected chi connectivity index (χ4v) is 1.59. The minimum absolute atomic E-state index is 0.217. The number of alkyl halides is 1. The van der Waals surface area contributed by atoms with Gasteiger partial charge in [0.2, 0.25) is 5.91 Å². The van der Waals surface area contributed by atoms with Crippen LogP contribution in [0.1, 0.15) is 6.92 Å². The molecule has 2 nitrogen and oxygen atoms in total. The first-order valence-corrected chi connectivity index (χ1v) is 5.93. The van der Waals surface area contributed by atoms with Crippen LogP contribution in [0.3, 0.4) is 0 Å². The minimum Gasteiger partial charge on any atom is -0.324 e. The summed E-state index contributed by atoms with van der Waals surface area (Å²) >= 11 is 12.3. The molecule has 0 heterocycles. The van der Waals surface area contributed by atoms with Crippen molar-refractivity contribution in [3.05, 3.63) is 27.1 Å². The Balaban J connectivity index is 2.86. The topological polar surface area (TPSA) is 29.1 Å². The molecule has 0 aromatic heterocycles. The SMILES string of the molecule is CC(Cl)C(=O)Nc1cc(Br)ccc1Br. The molecule has 5 heteroatoms. The highest BCUT2D eigenvalue weighted by Crippen LogP contribution is 2.26. The van der Waals surface area contributed by atoms with Gasteiger partial charge in [0.1, 0.15) is 5.38 Å². The fourth-order valence-electron chi connectivity index (χ4n) is 0.825. The summed E-state index contributed by atoms with van der Waals surface area (Å²) in [7, 11) is 0. The van der Waals surface area contributed by atoms with Gasteiger partial charge in [-0.25, -0.2) is 0 Å². The fraction of sp³-hybridized carbons (Fsp3) is 0.222. The molecule has 1 unspecified atom stereocenters. The van der Waals surface area contributed by atoms with Gasteiger partial charge in [-0.1, -0.05) is 15.9 Å². The second kappa shape index (κ2) is 5.14. The van der Waals surface area contributed by atoms with E-state index in [1.807, 2.05) is 12.1 Å². The highest BCUT2D eigenvalue weighted by Gasteiger charge is 2.10. The van der Waals surface area contributed by atoms with Gasteiger partial charge in [0.15, 0.2) is 0 Å². The molecule has 1 rings (SSSR count). The van der Waals surface area contributed by atoms with Crippen LogP contribution >= 0.6 is 43.5 Å². The van der Waals surface area contributed by atoms with E-state index >= 15 is 0 Å². The van der Waals surface area contributed by atoms with E-state index in [0.717, 1.165) is 8.95 Å². The van der Waals surface area contributed by atoms with Crippen molar-refractivity contribution in [3.8, 4) is 0 Å². The molecule has 1 N–H and O–H groups in total. The van der Waals surface area contributed by atoms with Gasteiger partial charge in [-0.3, -0.25) is 4.79 Å². The maximum atomic E-state index is 11.3. The van der Waals surface area contributed by atoms with E-state index in [9.17, 15) is 4.79 Å². The maximum Gasteiger partial charge on any atom is 0.242 e. The van der Waals surface area contributed by atoms with Crippen LogP contribution in [0.5, 0.6) is 0 Å². The first-order valence-electron chi connectivity index (χ1n) is 3.90. The number of carbonyl (C=O) groups is 1. The molecular weight excluding hydrogens is 333 g/mol. The third-order valence-electron chi connectivity index (χ3n) is 1.55. The molecule has 1 amide bonds. The van der Waals surface area contributed by atoms with E-state index in [2.05, 4.69) is 37.2 Å². The molecule has 0 radical (unpaired) electrons. The zero-order chi connectivity index (χ0) is 10.7. The number of halogens is 3. The third kappa shape index (κ3) is 3.26. The minimum atomic E-state index is -0.541. The van der Waals surface area contributed by atoms with Crippen LogP contribution in [-0.4, -0.2) is 11.3 Å². The van der Waals surface area contributed by atoms with Crippen LogP contribution in [0, 0.1) is 0 Å². The molecule has 1 aromatic rings. The molecule has 0 bridgehead atoms. The van der Waals surface area contributed by atoms with Gasteiger partial charge in [0, 0.05) is 8.95 Å². The lowest BCUT2D eigenvalue weighted by molar-refractivity contribution is -0.115. The Kier molecular flexibility index (Phi) is 4.41. The van der Waals surface area contributed by atoms with Gasteiger partial charge < -0.3 is 5.32 Å². The molecule has 0 spiro atoms. The van der Waals surface area contributed by atoms with Gasteiger partial charge in [-0.2, -0.15) is 0 Å². The second-order valence-corrected chi connectivity index (χ2v) is 5.15. The number of anilines is 1. The van der Waals surface area contributed by atoms with Crippen molar-refractivity contribution >= 4 is 55.1 Å². The Bertz CT molecular complexity index is 355. The quantitative estimate of drug-likeness (QED) is 0.815. The lowest BCUT2D eigenvalue weighted by Gasteiger charge is -2.08. The summed E-state index contributed by atoms with van der Waals surface area (Å²) in [4.78, 5) is 11.3. The standard InChI is InChI=1S/C9H8Br2ClNO/c1-5(12)9(14)13-8-4-6(10)2-3-7(8)11/h2-5H,1H3,(H,13,14). The van der Waals surface area contributed by atoms with Crippen LogP contribution in [0.25, 0.3) is 0 Å². The summed E-state index contributed by atoms with van der Waals surface area (Å²) in [6, 6.07) is 5.53. The molecule has 0 fully saturated rings. The van der Waals surface area contributed by atoms with Gasteiger partial charge >= 0.3 is 0 Å². The summed E-state index contributed by atoms with van der Waals surface area (Å²) in [5.41, 5.74) is 0.705. The van der Waals surface area contributed by atoms with Crippen molar-refractivity contribution in [1.29, 1.82) is 0 Å². The number of rotatable bonds is 2. The lowest BCUT2D eigenvalue weighted by atomic mass is 10.3. The van der Waals surface area contributed by atoms with Crippen molar-refractivity contribution in [3.63, 3.8) is 0 Å². The predicted octanol–water partition coefficient (Wildman–Crippen LogP) is 3.78. The number of hydrogen-bond acceptors (Lipinski definition) is 1. The van der Waals surface area contributed by atoms with Crippen molar-refractivity contribution in [2.24, 2.45) is 0 Å². The molecule has 1 aromatic carbocycles. The number of nitrogens with one attached hydrogen (secondary N) is 1. The Morgan fingerprint density at radius 2 is 2.14 bits per heavy atom. The molecule has 0 aliphatic carbocycles. The highest BCUT2D eigenvalue weighted by molar-refractivity contribution is 9.11. The zero-order valence-corrected chi connectivity index (χ0v) is 11.3. The number of benzene rings is 1. The maximum absolute atomic E-state index is 11.3. The smallest absolute Gasteiger partial charge is 0.242 e. The molecule has 0 saturated heterocycles. The largest absolute Gasteiger partial charge is 0.324 e. The van der Waals surface area contributed by atoms with Gasteiger partial charge in [0.25, 0.3) is 0 Å². The zero-order valence-electron chi connectivity index (χ0n) is 7.35. The summed E-state index contributed by atoms with van der Waals surface area (Å²) < 4.78 is 1.73. The monoisotopic (exact) mass is 339 g/mol. The predicted molar refractivity (Wildman–Crippen MR) is 65.8 cm³/mol. The number of amides is 1. The molecule has 0 saturated carbocycles. The summed E-state index contributed by atoms with van der Waals surface area (Å²) in [5.74, 6) is -0.217. The number of hydrogen-bond donors (Lipinski definition) is 1. The second-order valence-electron chi connectivity index (χ2n) is 2.73. The van der Waals surface area contributed by atoms with E-state index in [-0.39, 0.29) is 5.91 Å². The highest BCUT2D eigenvalue weighted by atomic mass is 79.9. The van der Waals surface area contributed by atoms with E-state index < -0.39 is 5.38 Å². The van der Waals surface area contributed by atoms with E-state index in [1.165, 1.54) is 0 Å². The van der Waals surface area contributed by atoms with Crippen LogP contribution in [0.4, 0.5) is 5.69 Å². The molecular formula is C9H8Br2ClNO. The first kappa shape index (κ1) is 12.0. The van der Waals surface area contributed by atoms with Crippen LogP contribution < -0.4 is 5.32 Å². The van der Waals surface area contributed by atoms with Crippen molar-refractivity contribution in [2.75, 3.05) is 5.32 Å². The van der Waals surface area contributed by atoms with Gasteiger partial charge in [0.05, 0.1) is 5.69 Å². The van der Waals surface area contributed by atoms with E-state index in [0.29, 0.717) is 5.69 Å². The van der Waals surface area contributed by atoms with Crippen LogP contribution in [0.15, 0.2) is 27.1 Å². The van der Waals surface area contributed by atoms with Crippen molar-refractivity contribution < 1.29 is 4.79 Å². The van der Waals surface area contributed by atoms with Gasteiger partial charge in [-0.05, 0) is 41.1 Å². The van der Waals surface area contributed by atoms with Crippen molar-refractivity contribution in [2.45, 2.75) is 12.3 Å². The summed E-state index contributed by atoms with van der Waals surface area (Å²) in [6.45, 7) is 1.63. The van der Waals surface area contributed by atoms with E-state index in [4.69, 9.17) is 11.6 Å². The Labute approximate surface area is 104 Å². The average Bonchev–Trinajstić information content (AvgIpc) is 2.11. The first-order chi connectivity index (χ1) is 6.50. The van der Waals surface area contributed by atoms with E-state index in [1.54, 1.807) is 13.0 Å². The van der Waals surface area contributed by atoms with Gasteiger partial charge in [-0.15, -0.1) is 11.6 Å². The molecule has 0 aliphatic rings. The third-order valence-corrected chi connectivity index (χ3v) is 2.93. The molecule has 1 atom stereocenters. The summed E-state index contributed by atoms with van der Waals surface area (Å²) in [6.07, 6.45) is 0.